The Labute approximate surface area is 162 Å². The van der Waals surface area contributed by atoms with E-state index in [0.29, 0.717) is 0 Å². The summed E-state index contributed by atoms with van der Waals surface area (Å²) >= 11 is 0. The van der Waals surface area contributed by atoms with Crippen LogP contribution < -0.4 is 30.8 Å². The molecule has 0 spiro atoms. The van der Waals surface area contributed by atoms with E-state index >= 15 is 0 Å². The number of β-lactam (4-membered cyclic amide) rings is 1. The number of aromatic nitrogens is 1. The first kappa shape index (κ1) is 21.6. The van der Waals surface area contributed by atoms with Crippen molar-refractivity contribution in [2.45, 2.75) is 5.54 Å². The molecule has 2 rings (SSSR count). The van der Waals surface area contributed by atoms with Gasteiger partial charge < -0.3 is 25.8 Å². The van der Waals surface area contributed by atoms with E-state index in [1.807, 2.05) is 4.72 Å². The van der Waals surface area contributed by atoms with Crippen LogP contribution in [0.5, 0.6) is 5.75 Å². The second-order valence-electron chi connectivity index (χ2n) is 5.70. The highest BCUT2D eigenvalue weighted by molar-refractivity contribution is 7.88. The zero-order valence-corrected chi connectivity index (χ0v) is 15.3. The minimum absolute atomic E-state index is 0.179. The van der Waals surface area contributed by atoms with E-state index in [4.69, 9.17) is 10.2 Å². The van der Waals surface area contributed by atoms with Crippen molar-refractivity contribution in [3.63, 3.8) is 0 Å². The fourth-order valence-electron chi connectivity index (χ4n) is 2.16. The van der Waals surface area contributed by atoms with Crippen LogP contribution in [0.25, 0.3) is 0 Å². The van der Waals surface area contributed by atoms with Crippen molar-refractivity contribution < 1.29 is 37.8 Å². The molecule has 1 unspecified atom stereocenters. The molecule has 1 aliphatic heterocycles. The molecular formula is C13H16N6O9S. The quantitative estimate of drug-likeness (QED) is 0.113. The fourth-order valence-corrected chi connectivity index (χ4v) is 3.02. The molecule has 8 N–H and O–H groups in total. The van der Waals surface area contributed by atoms with Gasteiger partial charge in [0.2, 0.25) is 11.0 Å². The number of hydrogen-bond acceptors (Lipinski definition) is 8. The van der Waals surface area contributed by atoms with Gasteiger partial charge in [-0.3, -0.25) is 24.5 Å². The Bertz CT molecular complexity index is 1020. The highest BCUT2D eigenvalue weighted by Gasteiger charge is 2.55. The number of H-pyrrole nitrogens is 1. The third kappa shape index (κ3) is 4.99. The number of nitrogens with one attached hydrogen (secondary N) is 6. The third-order valence-corrected chi connectivity index (χ3v) is 4.71. The van der Waals surface area contributed by atoms with E-state index < -0.39 is 57.3 Å². The first-order valence-corrected chi connectivity index (χ1v) is 9.26. The maximum Gasteiger partial charge on any atom is 0.405 e. The lowest BCUT2D eigenvalue weighted by molar-refractivity contribution is -0.144. The van der Waals surface area contributed by atoms with E-state index in [9.17, 15) is 32.4 Å². The van der Waals surface area contributed by atoms with E-state index in [0.717, 1.165) is 12.3 Å². The normalized spacial score (nSPS) is 18.1. The van der Waals surface area contributed by atoms with E-state index in [1.165, 1.54) is 4.72 Å². The lowest BCUT2D eigenvalue weighted by atomic mass is 9.90. The van der Waals surface area contributed by atoms with Gasteiger partial charge in [0.25, 0.3) is 17.7 Å². The molecule has 1 aromatic rings. The van der Waals surface area contributed by atoms with Crippen LogP contribution in [0.1, 0.15) is 10.5 Å². The van der Waals surface area contributed by atoms with Crippen molar-refractivity contribution in [3.8, 4) is 5.75 Å². The third-order valence-electron chi connectivity index (χ3n) is 3.68. The molecule has 0 bridgehead atoms. The lowest BCUT2D eigenvalue weighted by Gasteiger charge is -2.38. The highest BCUT2D eigenvalue weighted by atomic mass is 32.2. The Morgan fingerprint density at radius 1 is 1.21 bits per heavy atom. The number of aromatic amines is 1. The summed E-state index contributed by atoms with van der Waals surface area (Å²) in [5, 5.41) is 23.9. The summed E-state index contributed by atoms with van der Waals surface area (Å²) in [5.74, 6) is -3.76. The standard InChI is InChI=1S/C13H16N6O9S/c20-7-3-6(15-4-8(7)21)9(22)14-1-2-17-29(27,28)19-11(24)13(18-12(25)26)5-16-10(13)23/h3-4,17-18,21H,1-2,5H2,(H,14,22)(H,15,20)(H,16,23)(H,19,24)(H,25,26). The summed E-state index contributed by atoms with van der Waals surface area (Å²) in [6.07, 6.45) is -0.789. The van der Waals surface area contributed by atoms with Gasteiger partial charge in [-0.15, -0.1) is 0 Å². The molecule has 0 aliphatic carbocycles. The number of rotatable bonds is 8. The fraction of sp³-hybridized carbons (Fsp3) is 0.308. The van der Waals surface area contributed by atoms with Crippen molar-refractivity contribution in [1.82, 2.24) is 30.4 Å². The molecule has 0 radical (unpaired) electrons. The smallest absolute Gasteiger partial charge is 0.405 e. The van der Waals surface area contributed by atoms with Crippen LogP contribution in [0.15, 0.2) is 17.1 Å². The lowest BCUT2D eigenvalue weighted by Crippen LogP contribution is -2.79. The van der Waals surface area contributed by atoms with Crippen LogP contribution in [0.4, 0.5) is 4.79 Å². The molecule has 1 aromatic heterocycles. The Morgan fingerprint density at radius 2 is 1.90 bits per heavy atom. The van der Waals surface area contributed by atoms with Gasteiger partial charge in [0.05, 0.1) is 6.54 Å². The second kappa shape index (κ2) is 8.15. The molecule has 1 saturated heterocycles. The molecule has 16 heteroatoms. The first-order chi connectivity index (χ1) is 13.5. The number of pyridine rings is 1. The van der Waals surface area contributed by atoms with E-state index in [2.05, 4.69) is 15.6 Å². The van der Waals surface area contributed by atoms with Gasteiger partial charge in [-0.2, -0.15) is 13.1 Å². The summed E-state index contributed by atoms with van der Waals surface area (Å²) in [4.78, 5) is 59.7. The SMILES string of the molecule is O=C(O)NC1(C(=O)NS(=O)(=O)NCCNC(=O)c2cc(=O)c(O)c[nH]2)CNC1=O. The average Bonchev–Trinajstić information content (AvgIpc) is 2.63. The number of hydrogen-bond donors (Lipinski definition) is 8. The maximum absolute atomic E-state index is 12.1. The summed E-state index contributed by atoms with van der Waals surface area (Å²) < 4.78 is 27.2. The number of carboxylic acid groups (broad SMARTS) is 1. The average molecular weight is 432 g/mol. The van der Waals surface area contributed by atoms with Gasteiger partial charge >= 0.3 is 16.3 Å². The Kier molecular flexibility index (Phi) is 6.08. The van der Waals surface area contributed by atoms with Crippen molar-refractivity contribution in [2.75, 3.05) is 19.6 Å². The largest absolute Gasteiger partial charge is 0.503 e. The number of amides is 4. The zero-order chi connectivity index (χ0) is 21.8. The predicted molar refractivity (Wildman–Crippen MR) is 93.0 cm³/mol. The van der Waals surface area contributed by atoms with E-state index in [1.54, 1.807) is 5.32 Å². The van der Waals surface area contributed by atoms with Crippen LogP contribution >= 0.6 is 0 Å². The molecule has 1 atom stereocenters. The summed E-state index contributed by atoms with van der Waals surface area (Å²) in [6.45, 7) is -1.07. The van der Waals surface area contributed by atoms with Gasteiger partial charge in [0, 0.05) is 25.4 Å². The van der Waals surface area contributed by atoms with E-state index in [-0.39, 0.29) is 18.8 Å². The number of aromatic hydroxyl groups is 1. The van der Waals surface area contributed by atoms with Crippen LogP contribution in [-0.2, 0) is 19.8 Å². The van der Waals surface area contributed by atoms with Crippen LogP contribution in [0.3, 0.4) is 0 Å². The predicted octanol–water partition coefficient (Wildman–Crippen LogP) is -4.10. The Balaban J connectivity index is 1.86. The number of carbonyl (C=O) groups is 4. The zero-order valence-electron chi connectivity index (χ0n) is 14.4. The topological polar surface area (TPSA) is 236 Å². The molecule has 4 amide bonds. The molecule has 1 fully saturated rings. The molecule has 0 saturated carbocycles. The van der Waals surface area contributed by atoms with Crippen molar-refractivity contribution in [1.29, 1.82) is 0 Å². The molecule has 29 heavy (non-hydrogen) atoms. The molecular weight excluding hydrogens is 416 g/mol. The Hall–Kier alpha value is -3.66. The second-order valence-corrected chi connectivity index (χ2v) is 7.20. The monoisotopic (exact) mass is 432 g/mol. The van der Waals surface area contributed by atoms with Crippen molar-refractivity contribution >= 4 is 34.0 Å². The molecule has 2 heterocycles. The van der Waals surface area contributed by atoms with Gasteiger partial charge in [-0.25, -0.2) is 9.52 Å². The van der Waals surface area contributed by atoms with Gasteiger partial charge in [0.15, 0.2) is 5.75 Å². The van der Waals surface area contributed by atoms with Crippen LogP contribution in [-0.4, -0.2) is 72.6 Å². The molecule has 1 aliphatic rings. The van der Waals surface area contributed by atoms with Gasteiger partial charge in [-0.1, -0.05) is 0 Å². The minimum atomic E-state index is -4.48. The van der Waals surface area contributed by atoms with Crippen molar-refractivity contribution in [2.24, 2.45) is 0 Å². The van der Waals surface area contributed by atoms with Crippen LogP contribution in [0, 0.1) is 0 Å². The van der Waals surface area contributed by atoms with Crippen LogP contribution in [0.2, 0.25) is 0 Å². The van der Waals surface area contributed by atoms with Crippen molar-refractivity contribution in [3.05, 3.63) is 28.2 Å². The summed E-state index contributed by atoms with van der Waals surface area (Å²) in [5.41, 5.74) is -3.23. The van der Waals surface area contributed by atoms with Gasteiger partial charge in [0.1, 0.15) is 5.69 Å². The maximum atomic E-state index is 12.1. The summed E-state index contributed by atoms with van der Waals surface area (Å²) in [7, 11) is -4.48. The molecule has 15 nitrogen and oxygen atoms in total. The first-order valence-electron chi connectivity index (χ1n) is 7.78. The molecule has 158 valence electrons. The van der Waals surface area contributed by atoms with Gasteiger partial charge in [-0.05, 0) is 0 Å². The number of carbonyl (C=O) groups excluding carboxylic acids is 3. The highest BCUT2D eigenvalue weighted by Crippen LogP contribution is 2.13. The summed E-state index contributed by atoms with van der Waals surface area (Å²) in [6, 6.07) is 0.841. The molecule has 0 aromatic carbocycles. The minimum Gasteiger partial charge on any atom is -0.503 e. The Morgan fingerprint density at radius 3 is 2.41 bits per heavy atom.